The highest BCUT2D eigenvalue weighted by Crippen LogP contribution is 2.44. The van der Waals surface area contributed by atoms with Crippen molar-refractivity contribution < 1.29 is 24.2 Å². The number of nitrogens with zero attached hydrogens (tertiary/aromatic N) is 1. The summed E-state index contributed by atoms with van der Waals surface area (Å²) in [6.07, 6.45) is 2.49. The maximum Gasteiger partial charge on any atom is 0.407 e. The number of aliphatic carboxylic acids is 1. The van der Waals surface area contributed by atoms with Gasteiger partial charge >= 0.3 is 12.1 Å². The largest absolute Gasteiger partial charge is 0.480 e. The fourth-order valence-corrected chi connectivity index (χ4v) is 5.37. The van der Waals surface area contributed by atoms with E-state index in [9.17, 15) is 19.5 Å². The third-order valence-electron chi connectivity index (χ3n) is 7.10. The van der Waals surface area contributed by atoms with Gasteiger partial charge < -0.3 is 20.1 Å². The van der Waals surface area contributed by atoms with E-state index in [0.717, 1.165) is 35.1 Å². The van der Waals surface area contributed by atoms with E-state index in [0.29, 0.717) is 12.8 Å². The van der Waals surface area contributed by atoms with Gasteiger partial charge in [-0.25, -0.2) is 4.79 Å². The number of hydrogen-bond acceptors (Lipinski definition) is 4. The molecular weight excluding hydrogens is 444 g/mol. The SMILES string of the molecule is CC(C)(C)N(CC(=O)O)C(=O)[C@H]1CCCC[C@H]1NC(=O)OCC1c2ccccc2-c2ccccc21. The molecule has 0 heterocycles. The van der Waals surface area contributed by atoms with Crippen LogP contribution in [0.3, 0.4) is 0 Å². The lowest BCUT2D eigenvalue weighted by Crippen LogP contribution is -2.55. The average Bonchev–Trinajstić information content (AvgIpc) is 3.14. The van der Waals surface area contributed by atoms with Crippen LogP contribution in [0.1, 0.15) is 63.5 Å². The van der Waals surface area contributed by atoms with Crippen LogP contribution < -0.4 is 5.32 Å². The number of carbonyl (C=O) groups excluding carboxylic acids is 2. The predicted octanol–water partition coefficient (Wildman–Crippen LogP) is 4.80. The van der Waals surface area contributed by atoms with Gasteiger partial charge in [-0.1, -0.05) is 61.4 Å². The summed E-state index contributed by atoms with van der Waals surface area (Å²) >= 11 is 0. The molecule has 2 aromatic carbocycles. The predicted molar refractivity (Wildman–Crippen MR) is 133 cm³/mol. The van der Waals surface area contributed by atoms with Crippen LogP contribution in [0.25, 0.3) is 11.1 Å². The minimum Gasteiger partial charge on any atom is -0.480 e. The fourth-order valence-electron chi connectivity index (χ4n) is 5.37. The van der Waals surface area contributed by atoms with Gasteiger partial charge in [0, 0.05) is 17.5 Å². The number of carbonyl (C=O) groups is 3. The molecule has 2 aromatic rings. The van der Waals surface area contributed by atoms with Crippen molar-refractivity contribution in [1.82, 2.24) is 10.2 Å². The molecule has 7 heteroatoms. The van der Waals surface area contributed by atoms with E-state index in [1.807, 2.05) is 45.0 Å². The summed E-state index contributed by atoms with van der Waals surface area (Å²) in [5.41, 5.74) is 3.97. The average molecular weight is 479 g/mol. The molecule has 0 aliphatic heterocycles. The van der Waals surface area contributed by atoms with Crippen molar-refractivity contribution in [3.8, 4) is 11.1 Å². The van der Waals surface area contributed by atoms with Crippen LogP contribution >= 0.6 is 0 Å². The first-order valence-electron chi connectivity index (χ1n) is 12.3. The number of nitrogens with one attached hydrogen (secondary N) is 1. The molecule has 35 heavy (non-hydrogen) atoms. The van der Waals surface area contributed by atoms with Gasteiger partial charge in [0.25, 0.3) is 0 Å². The Morgan fingerprint density at radius 1 is 0.971 bits per heavy atom. The van der Waals surface area contributed by atoms with Gasteiger partial charge in [-0.05, 0) is 55.9 Å². The van der Waals surface area contributed by atoms with Gasteiger partial charge in [0.2, 0.25) is 5.91 Å². The van der Waals surface area contributed by atoms with Crippen molar-refractivity contribution in [1.29, 1.82) is 0 Å². The van der Waals surface area contributed by atoms with Crippen molar-refractivity contribution in [2.75, 3.05) is 13.2 Å². The van der Waals surface area contributed by atoms with Crippen LogP contribution in [0.4, 0.5) is 4.79 Å². The Hall–Kier alpha value is -3.35. The number of alkyl carbamates (subject to hydrolysis) is 1. The number of hydrogen-bond donors (Lipinski definition) is 2. The highest BCUT2D eigenvalue weighted by atomic mass is 16.5. The lowest BCUT2D eigenvalue weighted by molar-refractivity contribution is -0.151. The van der Waals surface area contributed by atoms with Crippen molar-refractivity contribution in [2.24, 2.45) is 5.92 Å². The van der Waals surface area contributed by atoms with Crippen molar-refractivity contribution in [3.05, 3.63) is 59.7 Å². The highest BCUT2D eigenvalue weighted by molar-refractivity contribution is 5.85. The normalized spacial score (nSPS) is 19.4. The molecule has 1 saturated carbocycles. The summed E-state index contributed by atoms with van der Waals surface area (Å²) in [7, 11) is 0. The molecule has 0 saturated heterocycles. The molecule has 0 unspecified atom stereocenters. The van der Waals surface area contributed by atoms with E-state index in [1.54, 1.807) is 0 Å². The third-order valence-corrected chi connectivity index (χ3v) is 7.10. The maximum absolute atomic E-state index is 13.4. The van der Waals surface area contributed by atoms with E-state index < -0.39 is 23.5 Å². The van der Waals surface area contributed by atoms with E-state index >= 15 is 0 Å². The van der Waals surface area contributed by atoms with Crippen LogP contribution in [-0.2, 0) is 14.3 Å². The Morgan fingerprint density at radius 3 is 2.11 bits per heavy atom. The zero-order valence-corrected chi connectivity index (χ0v) is 20.6. The first-order valence-corrected chi connectivity index (χ1v) is 12.3. The van der Waals surface area contributed by atoms with Crippen LogP contribution in [0.15, 0.2) is 48.5 Å². The number of amides is 2. The molecule has 7 nitrogen and oxygen atoms in total. The summed E-state index contributed by atoms with van der Waals surface area (Å²) in [5.74, 6) is -1.79. The van der Waals surface area contributed by atoms with Crippen molar-refractivity contribution >= 4 is 18.0 Å². The fraction of sp³-hybridized carbons (Fsp3) is 0.464. The number of carboxylic acid groups (broad SMARTS) is 1. The summed E-state index contributed by atoms with van der Waals surface area (Å²) in [4.78, 5) is 39.0. The van der Waals surface area contributed by atoms with Gasteiger partial charge in [-0.2, -0.15) is 0 Å². The quantitative estimate of drug-likeness (QED) is 0.622. The molecule has 2 N–H and O–H groups in total. The molecule has 4 rings (SSSR count). The first-order chi connectivity index (χ1) is 16.7. The van der Waals surface area contributed by atoms with E-state index in [1.165, 1.54) is 4.90 Å². The molecule has 0 radical (unpaired) electrons. The maximum atomic E-state index is 13.4. The van der Waals surface area contributed by atoms with Gasteiger partial charge in [0.1, 0.15) is 13.2 Å². The molecule has 1 fully saturated rings. The van der Waals surface area contributed by atoms with E-state index in [-0.39, 0.29) is 31.0 Å². The Balaban J connectivity index is 1.43. The lowest BCUT2D eigenvalue weighted by Gasteiger charge is -2.40. The Morgan fingerprint density at radius 2 is 1.54 bits per heavy atom. The van der Waals surface area contributed by atoms with E-state index in [4.69, 9.17) is 4.74 Å². The molecule has 2 amide bonds. The highest BCUT2D eigenvalue weighted by Gasteiger charge is 2.39. The van der Waals surface area contributed by atoms with E-state index in [2.05, 4.69) is 29.6 Å². The third kappa shape index (κ3) is 5.34. The number of fused-ring (bicyclic) bond motifs is 3. The minimum atomic E-state index is -1.05. The Kier molecular flexibility index (Phi) is 7.15. The molecule has 2 aliphatic rings. The molecular formula is C28H34N2O5. The van der Waals surface area contributed by atoms with Crippen molar-refractivity contribution in [2.45, 2.75) is 64.0 Å². The zero-order valence-electron chi connectivity index (χ0n) is 20.6. The molecule has 2 aliphatic carbocycles. The number of carboxylic acids is 1. The summed E-state index contributed by atoms with van der Waals surface area (Å²) in [6, 6.07) is 15.9. The molecule has 186 valence electrons. The lowest BCUT2D eigenvalue weighted by atomic mass is 9.82. The second-order valence-electron chi connectivity index (χ2n) is 10.5. The summed E-state index contributed by atoms with van der Waals surface area (Å²) < 4.78 is 5.69. The van der Waals surface area contributed by atoms with Crippen LogP contribution in [0, 0.1) is 5.92 Å². The molecule has 2 atom stereocenters. The van der Waals surface area contributed by atoms with Gasteiger partial charge in [-0.15, -0.1) is 0 Å². The number of rotatable bonds is 6. The number of benzene rings is 2. The molecule has 0 spiro atoms. The molecule has 0 bridgehead atoms. The standard InChI is InChI=1S/C28H34N2O5/c1-28(2,3)30(16-25(31)32)26(33)22-14-8-9-15-24(22)29-27(34)35-17-23-20-12-6-4-10-18(20)19-11-5-7-13-21(19)23/h4-7,10-13,22-24H,8-9,14-17H2,1-3H3,(H,29,34)(H,31,32)/t22-,24+/m0/s1. The van der Waals surface area contributed by atoms with Crippen LogP contribution in [0.2, 0.25) is 0 Å². The minimum absolute atomic E-state index is 0.0381. The second-order valence-corrected chi connectivity index (χ2v) is 10.5. The Labute approximate surface area is 206 Å². The zero-order chi connectivity index (χ0) is 25.2. The topological polar surface area (TPSA) is 95.9 Å². The summed E-state index contributed by atoms with van der Waals surface area (Å²) in [5, 5.41) is 12.3. The van der Waals surface area contributed by atoms with Gasteiger partial charge in [0.05, 0.1) is 5.92 Å². The van der Waals surface area contributed by atoms with Crippen LogP contribution in [-0.4, -0.2) is 52.7 Å². The smallest absolute Gasteiger partial charge is 0.407 e. The molecule has 0 aromatic heterocycles. The monoisotopic (exact) mass is 478 g/mol. The number of ether oxygens (including phenoxy) is 1. The van der Waals surface area contributed by atoms with Gasteiger partial charge in [-0.3, -0.25) is 9.59 Å². The van der Waals surface area contributed by atoms with Crippen LogP contribution in [0.5, 0.6) is 0 Å². The van der Waals surface area contributed by atoms with Gasteiger partial charge in [0.15, 0.2) is 0 Å². The van der Waals surface area contributed by atoms with Crippen molar-refractivity contribution in [3.63, 3.8) is 0 Å². The Bertz CT molecular complexity index is 1060. The first kappa shape index (κ1) is 24.8. The summed E-state index contributed by atoms with van der Waals surface area (Å²) in [6.45, 7) is 5.31. The second kappa shape index (κ2) is 10.1.